The molecule has 5 atom stereocenters. The first-order valence-electron chi connectivity index (χ1n) is 12.4. The summed E-state index contributed by atoms with van der Waals surface area (Å²) < 4.78 is 27.5. The lowest BCUT2D eigenvalue weighted by molar-refractivity contribution is -0.134. The maximum atomic E-state index is 14.1. The van der Waals surface area contributed by atoms with Gasteiger partial charge in [0.2, 0.25) is 5.91 Å². The Hall–Kier alpha value is -2.13. The van der Waals surface area contributed by atoms with Crippen molar-refractivity contribution in [3.8, 4) is 5.75 Å². The van der Waals surface area contributed by atoms with Gasteiger partial charge in [0.05, 0.1) is 18.5 Å². The smallest absolute Gasteiger partial charge is 0.236 e. The summed E-state index contributed by atoms with van der Waals surface area (Å²) in [6.45, 7) is 6.71. The van der Waals surface area contributed by atoms with Crippen molar-refractivity contribution in [2.45, 2.75) is 62.6 Å². The number of carbonyl (C=O) groups excluding carboxylic acids is 1. The standard InChI is InChI=1S/C25H33FN4O3S/c1-16(20-14-18-7-8-19(20)13-18)30-23(15-33-22-6-4-3-5-21(22)26)27-28-25(30)34-17(2)24(31)29-9-11-32-12-10-29/h3-6,16-20H,7-15H2,1-2H3. The summed E-state index contributed by atoms with van der Waals surface area (Å²) in [4.78, 5) is 14.9. The van der Waals surface area contributed by atoms with Crippen LogP contribution >= 0.6 is 11.8 Å². The summed E-state index contributed by atoms with van der Waals surface area (Å²) in [6, 6.07) is 6.59. The third-order valence-electron chi connectivity index (χ3n) is 7.70. The van der Waals surface area contributed by atoms with Gasteiger partial charge in [0.1, 0.15) is 6.61 Å². The van der Waals surface area contributed by atoms with Crippen LogP contribution in [0.15, 0.2) is 29.4 Å². The van der Waals surface area contributed by atoms with Crippen molar-refractivity contribution in [2.75, 3.05) is 26.3 Å². The van der Waals surface area contributed by atoms with Crippen LogP contribution in [0.2, 0.25) is 0 Å². The van der Waals surface area contributed by atoms with Gasteiger partial charge in [-0.2, -0.15) is 0 Å². The lowest BCUT2D eigenvalue weighted by atomic mass is 9.84. The van der Waals surface area contributed by atoms with Gasteiger partial charge in [0.25, 0.3) is 0 Å². The van der Waals surface area contributed by atoms with E-state index in [1.807, 2.05) is 11.8 Å². The fraction of sp³-hybridized carbons (Fsp3) is 0.640. The van der Waals surface area contributed by atoms with Gasteiger partial charge in [0.15, 0.2) is 22.5 Å². The van der Waals surface area contributed by atoms with Gasteiger partial charge in [-0.05, 0) is 63.0 Å². The molecule has 7 nitrogen and oxygen atoms in total. The summed E-state index contributed by atoms with van der Waals surface area (Å²) in [5.41, 5.74) is 0. The number of nitrogens with zero attached hydrogens (tertiary/aromatic N) is 4. The second-order valence-electron chi connectivity index (χ2n) is 9.76. The molecule has 2 saturated carbocycles. The largest absolute Gasteiger partial charge is 0.483 e. The number of halogens is 1. The van der Waals surface area contributed by atoms with Crippen LogP contribution in [-0.4, -0.2) is 57.1 Å². The molecule has 9 heteroatoms. The normalized spacial score (nSPS) is 26.0. The van der Waals surface area contributed by atoms with E-state index in [1.165, 1.54) is 43.5 Å². The van der Waals surface area contributed by atoms with Gasteiger partial charge in [-0.1, -0.05) is 30.3 Å². The molecule has 2 heterocycles. The summed E-state index contributed by atoms with van der Waals surface area (Å²) in [5.74, 6) is 2.69. The minimum Gasteiger partial charge on any atom is -0.483 e. The monoisotopic (exact) mass is 488 g/mol. The summed E-state index contributed by atoms with van der Waals surface area (Å²) in [6.07, 6.45) is 5.17. The summed E-state index contributed by atoms with van der Waals surface area (Å²) in [5, 5.41) is 9.37. The van der Waals surface area contributed by atoms with E-state index < -0.39 is 5.82 Å². The molecule has 184 valence electrons. The molecule has 1 aliphatic heterocycles. The van der Waals surface area contributed by atoms with Crippen molar-refractivity contribution >= 4 is 17.7 Å². The van der Waals surface area contributed by atoms with Gasteiger partial charge >= 0.3 is 0 Å². The number of rotatable bonds is 8. The zero-order chi connectivity index (χ0) is 23.7. The molecule has 2 bridgehead atoms. The van der Waals surface area contributed by atoms with Crippen LogP contribution in [-0.2, 0) is 16.1 Å². The van der Waals surface area contributed by atoms with E-state index in [0.29, 0.717) is 38.0 Å². The van der Waals surface area contributed by atoms with Crippen molar-refractivity contribution in [2.24, 2.45) is 17.8 Å². The molecule has 1 aromatic carbocycles. The van der Waals surface area contributed by atoms with Crippen LogP contribution in [0.4, 0.5) is 4.39 Å². The average Bonchev–Trinajstić information content (AvgIpc) is 3.59. The molecule has 2 aliphatic carbocycles. The molecule has 1 saturated heterocycles. The van der Waals surface area contributed by atoms with Crippen LogP contribution in [0.3, 0.4) is 0 Å². The molecule has 3 fully saturated rings. The molecular weight excluding hydrogens is 455 g/mol. The number of thioether (sulfide) groups is 1. The van der Waals surface area contributed by atoms with E-state index in [1.54, 1.807) is 18.2 Å². The second kappa shape index (κ2) is 10.2. The van der Waals surface area contributed by atoms with Crippen LogP contribution in [0.5, 0.6) is 5.75 Å². The highest BCUT2D eigenvalue weighted by atomic mass is 32.2. The molecule has 5 rings (SSSR count). The molecule has 0 spiro atoms. The third kappa shape index (κ3) is 4.82. The van der Waals surface area contributed by atoms with Crippen LogP contribution in [0, 0.1) is 23.6 Å². The van der Waals surface area contributed by atoms with Crippen molar-refractivity contribution < 1.29 is 18.7 Å². The van der Waals surface area contributed by atoms with Crippen LogP contribution < -0.4 is 4.74 Å². The number of carbonyl (C=O) groups is 1. The highest BCUT2D eigenvalue weighted by Crippen LogP contribution is 2.52. The Labute approximate surface area is 204 Å². The Balaban J connectivity index is 1.36. The summed E-state index contributed by atoms with van der Waals surface area (Å²) in [7, 11) is 0. The minimum absolute atomic E-state index is 0.0968. The van der Waals surface area contributed by atoms with Crippen LogP contribution in [0.25, 0.3) is 0 Å². The van der Waals surface area contributed by atoms with Gasteiger partial charge in [-0.25, -0.2) is 4.39 Å². The number of amides is 1. The topological polar surface area (TPSA) is 69.5 Å². The predicted octanol–water partition coefficient (Wildman–Crippen LogP) is 4.33. The second-order valence-corrected chi connectivity index (χ2v) is 11.1. The first kappa shape index (κ1) is 23.6. The van der Waals surface area contributed by atoms with E-state index in [0.717, 1.165) is 17.0 Å². The van der Waals surface area contributed by atoms with Crippen molar-refractivity contribution in [3.63, 3.8) is 0 Å². The Morgan fingerprint density at radius 2 is 2.00 bits per heavy atom. The lowest BCUT2D eigenvalue weighted by Crippen LogP contribution is -2.44. The first-order chi connectivity index (χ1) is 16.5. The molecule has 2 aromatic rings. The highest BCUT2D eigenvalue weighted by Gasteiger charge is 2.43. The number of benzene rings is 1. The number of para-hydroxylation sites is 1. The van der Waals surface area contributed by atoms with E-state index in [9.17, 15) is 9.18 Å². The number of hydrogen-bond acceptors (Lipinski definition) is 6. The molecule has 0 radical (unpaired) electrons. The highest BCUT2D eigenvalue weighted by molar-refractivity contribution is 8.00. The van der Waals surface area contributed by atoms with E-state index in [2.05, 4.69) is 21.7 Å². The van der Waals surface area contributed by atoms with E-state index in [-0.39, 0.29) is 29.6 Å². The molecule has 1 aromatic heterocycles. The van der Waals surface area contributed by atoms with Gasteiger partial charge in [0, 0.05) is 19.1 Å². The van der Waals surface area contributed by atoms with Gasteiger partial charge in [-0.15, -0.1) is 10.2 Å². The van der Waals surface area contributed by atoms with Crippen LogP contribution in [0.1, 0.15) is 51.4 Å². The minimum atomic E-state index is -0.394. The first-order valence-corrected chi connectivity index (χ1v) is 13.2. The Morgan fingerprint density at radius 1 is 1.21 bits per heavy atom. The Morgan fingerprint density at radius 3 is 2.71 bits per heavy atom. The average molecular weight is 489 g/mol. The molecule has 34 heavy (non-hydrogen) atoms. The number of aromatic nitrogens is 3. The molecular formula is C25H33FN4O3S. The molecule has 5 unspecified atom stereocenters. The van der Waals surface area contributed by atoms with Crippen molar-refractivity contribution in [1.82, 2.24) is 19.7 Å². The predicted molar refractivity (Wildman–Crippen MR) is 127 cm³/mol. The van der Waals surface area contributed by atoms with E-state index in [4.69, 9.17) is 9.47 Å². The maximum absolute atomic E-state index is 14.1. The van der Waals surface area contributed by atoms with Gasteiger partial charge in [-0.3, -0.25) is 9.36 Å². The summed E-state index contributed by atoms with van der Waals surface area (Å²) >= 11 is 1.45. The molecule has 0 N–H and O–H groups in total. The van der Waals surface area contributed by atoms with Crippen molar-refractivity contribution in [1.29, 1.82) is 0 Å². The lowest BCUT2D eigenvalue weighted by Gasteiger charge is -2.31. The zero-order valence-electron chi connectivity index (χ0n) is 19.9. The fourth-order valence-electron chi connectivity index (χ4n) is 5.92. The quantitative estimate of drug-likeness (QED) is 0.515. The van der Waals surface area contributed by atoms with E-state index >= 15 is 0 Å². The maximum Gasteiger partial charge on any atom is 0.236 e. The number of hydrogen-bond donors (Lipinski definition) is 0. The third-order valence-corrected chi connectivity index (χ3v) is 8.75. The Bertz CT molecular complexity index is 1010. The Kier molecular flexibility index (Phi) is 7.11. The van der Waals surface area contributed by atoms with Gasteiger partial charge < -0.3 is 14.4 Å². The number of fused-ring (bicyclic) bond motifs is 2. The number of morpholine rings is 1. The zero-order valence-corrected chi connectivity index (χ0v) is 20.7. The molecule has 3 aliphatic rings. The number of ether oxygens (including phenoxy) is 2. The SMILES string of the molecule is CC(Sc1nnc(COc2ccccc2F)n1C(C)C1CC2CCC1C2)C(=O)N1CCOCC1. The molecule has 1 amide bonds. The fourth-order valence-corrected chi connectivity index (χ4v) is 6.96. The van der Waals surface area contributed by atoms with Crippen molar-refractivity contribution in [3.05, 3.63) is 35.9 Å².